The van der Waals surface area contributed by atoms with Crippen LogP contribution in [0.25, 0.3) is 0 Å². The summed E-state index contributed by atoms with van der Waals surface area (Å²) in [7, 11) is 0. The van der Waals surface area contributed by atoms with Crippen LogP contribution in [0.15, 0.2) is 24.3 Å². The highest BCUT2D eigenvalue weighted by molar-refractivity contribution is 8.93. The first kappa shape index (κ1) is 33.6. The molecular formula is C30H41BrN4O6. The van der Waals surface area contributed by atoms with Crippen LogP contribution in [-0.4, -0.2) is 65.0 Å². The number of carbonyl (C=O) groups is 3. The molecule has 11 heteroatoms. The number of fused-ring (bicyclic) bond motifs is 1. The zero-order chi connectivity index (χ0) is 30.0. The van der Waals surface area contributed by atoms with E-state index in [0.29, 0.717) is 41.2 Å². The van der Waals surface area contributed by atoms with Crippen LogP contribution < -0.4 is 15.4 Å². The van der Waals surface area contributed by atoms with Gasteiger partial charge in [-0.05, 0) is 47.6 Å². The third kappa shape index (κ3) is 7.78. The summed E-state index contributed by atoms with van der Waals surface area (Å²) >= 11 is 0. The Morgan fingerprint density at radius 3 is 2.05 bits per heavy atom. The molecule has 3 rings (SSSR count). The number of ether oxygens (including phenoxy) is 1. The Labute approximate surface area is 251 Å². The number of halogens is 1. The van der Waals surface area contributed by atoms with E-state index in [1.165, 1.54) is 0 Å². The number of Topliss-reactive ketones (excluding diaryl/α,β-unsaturated/α-hetero) is 1. The molecule has 5 N–H and O–H groups in total. The van der Waals surface area contributed by atoms with E-state index in [1.54, 1.807) is 36.1 Å². The number of nitrogens with one attached hydrogen (secondary N) is 3. The minimum Gasteiger partial charge on any atom is -0.507 e. The van der Waals surface area contributed by atoms with Gasteiger partial charge < -0.3 is 30.5 Å². The Hall–Kier alpha value is -3.60. The van der Waals surface area contributed by atoms with Gasteiger partial charge in [-0.2, -0.15) is 0 Å². The van der Waals surface area contributed by atoms with Crippen LogP contribution >= 0.6 is 17.0 Å². The fourth-order valence-corrected chi connectivity index (χ4v) is 4.66. The number of ketones is 1. The molecule has 1 aliphatic rings. The number of amides is 2. The molecule has 2 amide bonds. The van der Waals surface area contributed by atoms with Crippen LogP contribution in [0.3, 0.4) is 0 Å². The molecule has 0 aromatic heterocycles. The molecule has 0 spiro atoms. The van der Waals surface area contributed by atoms with Crippen LogP contribution in [0.1, 0.15) is 91.4 Å². The van der Waals surface area contributed by atoms with Crippen molar-refractivity contribution in [3.63, 3.8) is 0 Å². The molecule has 0 atom stereocenters. The topological polar surface area (TPSA) is 152 Å². The third-order valence-corrected chi connectivity index (χ3v) is 6.75. The molecular weight excluding hydrogens is 592 g/mol. The fourth-order valence-electron chi connectivity index (χ4n) is 4.66. The molecule has 41 heavy (non-hydrogen) atoms. The third-order valence-electron chi connectivity index (χ3n) is 6.75. The van der Waals surface area contributed by atoms with Gasteiger partial charge in [0.1, 0.15) is 17.3 Å². The number of carbonyl (C=O) groups excluding carboxylic acids is 2. The highest BCUT2D eigenvalue weighted by Gasteiger charge is 2.31. The summed E-state index contributed by atoms with van der Waals surface area (Å²) in [4.78, 5) is 38.7. The number of amidine groups is 1. The quantitative estimate of drug-likeness (QED) is 0.193. The molecule has 0 bridgehead atoms. The highest BCUT2D eigenvalue weighted by Crippen LogP contribution is 2.40. The molecule has 2 aromatic carbocycles. The van der Waals surface area contributed by atoms with Crippen molar-refractivity contribution >= 4 is 40.6 Å². The minimum atomic E-state index is -1.18. The Kier molecular flexibility index (Phi) is 10.6. The second-order valence-corrected chi connectivity index (χ2v) is 12.0. The Morgan fingerprint density at radius 1 is 0.976 bits per heavy atom. The number of benzene rings is 2. The summed E-state index contributed by atoms with van der Waals surface area (Å²) in [5.74, 6) is 0.0515. The number of aromatic hydroxyl groups is 1. The predicted octanol–water partition coefficient (Wildman–Crippen LogP) is 4.99. The van der Waals surface area contributed by atoms with E-state index >= 15 is 0 Å². The molecule has 0 radical (unpaired) electrons. The van der Waals surface area contributed by atoms with E-state index in [4.69, 9.17) is 15.3 Å². The van der Waals surface area contributed by atoms with Crippen LogP contribution in [-0.2, 0) is 17.4 Å². The van der Waals surface area contributed by atoms with Crippen molar-refractivity contribution in [3.8, 4) is 11.5 Å². The standard InChI is InChI=1S/C30H40N4O6.BrH/c1-8-40-24-13-18-15-34(26(31)19(18)14-20(24)27(37)32-9-10-33-28(38)39)16-23(35)17-11-21(29(2,3)4)25(36)22(12-17)30(5,6)7;/h11-14,31,33,36H,8-10,15-16H2,1-7H3,(H,32,37)(H,38,39);1H. The van der Waals surface area contributed by atoms with E-state index in [9.17, 15) is 19.5 Å². The Morgan fingerprint density at radius 2 is 1.54 bits per heavy atom. The lowest BCUT2D eigenvalue weighted by molar-refractivity contribution is 0.0946. The summed E-state index contributed by atoms with van der Waals surface area (Å²) in [5, 5.41) is 33.3. The molecule has 0 saturated heterocycles. The monoisotopic (exact) mass is 632 g/mol. The lowest BCUT2D eigenvalue weighted by Crippen LogP contribution is -2.34. The Balaban J connectivity index is 0.00000588. The number of hydrogen-bond donors (Lipinski definition) is 5. The largest absolute Gasteiger partial charge is 0.507 e. The normalized spacial score (nSPS) is 12.9. The summed E-state index contributed by atoms with van der Waals surface area (Å²) in [6.45, 7) is 14.5. The van der Waals surface area contributed by atoms with Crippen molar-refractivity contribution in [1.29, 1.82) is 5.41 Å². The molecule has 0 saturated carbocycles. The van der Waals surface area contributed by atoms with Crippen LogP contribution in [0.2, 0.25) is 0 Å². The summed E-state index contributed by atoms with van der Waals surface area (Å²) < 4.78 is 5.70. The van der Waals surface area contributed by atoms with Crippen molar-refractivity contribution < 1.29 is 29.3 Å². The first-order valence-electron chi connectivity index (χ1n) is 13.3. The van der Waals surface area contributed by atoms with Gasteiger partial charge in [-0.3, -0.25) is 15.0 Å². The minimum absolute atomic E-state index is 0. The van der Waals surface area contributed by atoms with Gasteiger partial charge in [0, 0.05) is 41.9 Å². The average Bonchev–Trinajstić information content (AvgIpc) is 3.13. The number of carboxylic acid groups (broad SMARTS) is 1. The van der Waals surface area contributed by atoms with Crippen molar-refractivity contribution in [1.82, 2.24) is 15.5 Å². The zero-order valence-electron chi connectivity index (χ0n) is 24.7. The van der Waals surface area contributed by atoms with E-state index in [0.717, 1.165) is 5.56 Å². The fraction of sp³-hybridized carbons (Fsp3) is 0.467. The lowest BCUT2D eigenvalue weighted by atomic mass is 9.78. The first-order chi connectivity index (χ1) is 18.5. The predicted molar refractivity (Wildman–Crippen MR) is 163 cm³/mol. The number of phenolic OH excluding ortho intramolecular Hbond substituents is 1. The second kappa shape index (κ2) is 12.9. The molecule has 2 aromatic rings. The van der Waals surface area contributed by atoms with Gasteiger partial charge in [0.2, 0.25) is 0 Å². The van der Waals surface area contributed by atoms with Crippen LogP contribution in [0.5, 0.6) is 11.5 Å². The SMILES string of the molecule is Br.CCOc1cc2c(cc1C(=O)NCCNC(=O)O)C(=N)N(CC(=O)c1cc(C(C)(C)C)c(O)c(C(C)(C)C)c1)C2. The molecule has 1 aliphatic heterocycles. The second-order valence-electron chi connectivity index (χ2n) is 12.0. The number of hydrogen-bond acceptors (Lipinski definition) is 6. The number of rotatable bonds is 9. The lowest BCUT2D eigenvalue weighted by Gasteiger charge is -2.28. The van der Waals surface area contributed by atoms with Crippen molar-refractivity contribution in [2.24, 2.45) is 0 Å². The van der Waals surface area contributed by atoms with Gasteiger partial charge in [-0.1, -0.05) is 41.5 Å². The molecule has 0 unspecified atom stereocenters. The van der Waals surface area contributed by atoms with Crippen LogP contribution in [0.4, 0.5) is 4.79 Å². The molecule has 0 fully saturated rings. The van der Waals surface area contributed by atoms with Crippen molar-refractivity contribution in [2.45, 2.75) is 65.8 Å². The van der Waals surface area contributed by atoms with Gasteiger partial charge in [-0.15, -0.1) is 17.0 Å². The average molecular weight is 634 g/mol. The van der Waals surface area contributed by atoms with Gasteiger partial charge >= 0.3 is 6.09 Å². The smallest absolute Gasteiger partial charge is 0.404 e. The zero-order valence-corrected chi connectivity index (χ0v) is 26.4. The Bertz CT molecular complexity index is 1310. The molecule has 224 valence electrons. The van der Waals surface area contributed by atoms with Gasteiger partial charge in [0.25, 0.3) is 5.91 Å². The maximum Gasteiger partial charge on any atom is 0.404 e. The maximum absolute atomic E-state index is 13.5. The van der Waals surface area contributed by atoms with E-state index < -0.39 is 12.0 Å². The van der Waals surface area contributed by atoms with Gasteiger partial charge in [0.05, 0.1) is 18.7 Å². The summed E-state index contributed by atoms with van der Waals surface area (Å²) in [5.41, 5.74) is 2.62. The number of phenols is 1. The van der Waals surface area contributed by atoms with E-state index in [-0.39, 0.29) is 70.4 Å². The van der Waals surface area contributed by atoms with Gasteiger partial charge in [-0.25, -0.2) is 4.79 Å². The maximum atomic E-state index is 13.5. The number of nitrogens with zero attached hydrogens (tertiary/aromatic N) is 1. The molecule has 10 nitrogen and oxygen atoms in total. The van der Waals surface area contributed by atoms with Crippen molar-refractivity contribution in [3.05, 3.63) is 57.6 Å². The van der Waals surface area contributed by atoms with Crippen LogP contribution in [0, 0.1) is 5.41 Å². The summed E-state index contributed by atoms with van der Waals surface area (Å²) in [6.07, 6.45) is -1.18. The van der Waals surface area contributed by atoms with Crippen molar-refractivity contribution in [2.75, 3.05) is 26.2 Å². The van der Waals surface area contributed by atoms with E-state index in [2.05, 4.69) is 10.6 Å². The molecule has 0 aliphatic carbocycles. The van der Waals surface area contributed by atoms with Gasteiger partial charge in [0.15, 0.2) is 5.78 Å². The van der Waals surface area contributed by atoms with E-state index in [1.807, 2.05) is 41.5 Å². The summed E-state index contributed by atoms with van der Waals surface area (Å²) in [6, 6.07) is 6.80. The first-order valence-corrected chi connectivity index (χ1v) is 13.3. The molecule has 1 heterocycles. The highest BCUT2D eigenvalue weighted by atomic mass is 79.9.